The third-order valence-corrected chi connectivity index (χ3v) is 1.60. The summed E-state index contributed by atoms with van der Waals surface area (Å²) in [6.45, 7) is 0. The lowest BCUT2D eigenvalue weighted by Gasteiger charge is -1.99. The minimum atomic E-state index is -1.09. The molecule has 11 heavy (non-hydrogen) atoms. The second-order valence-electron chi connectivity index (χ2n) is 2.22. The fourth-order valence-electron chi connectivity index (χ4n) is 0.813. The lowest BCUT2D eigenvalue weighted by Crippen LogP contribution is -2.17. The van der Waals surface area contributed by atoms with Gasteiger partial charge in [0.2, 0.25) is 0 Å². The molecule has 1 N–H and O–H groups in total. The third kappa shape index (κ3) is 1.04. The molecule has 1 aromatic rings. The predicted octanol–water partition coefficient (Wildman–Crippen LogP) is -0.578. The molecule has 0 aliphatic carbocycles. The van der Waals surface area contributed by atoms with E-state index >= 15 is 0 Å². The highest BCUT2D eigenvalue weighted by Crippen LogP contribution is 1.92. The maximum Gasteiger partial charge on any atom is 0.354 e. The fourth-order valence-corrected chi connectivity index (χ4v) is 0.813. The zero-order chi connectivity index (χ0) is 8.59. The minimum Gasteiger partial charge on any atom is -0.477 e. The second kappa shape index (κ2) is 2.26. The molecule has 0 bridgehead atoms. The first-order valence-electron chi connectivity index (χ1n) is 3.00. The summed E-state index contributed by atoms with van der Waals surface area (Å²) in [5.74, 6) is -1.09. The first-order valence-corrected chi connectivity index (χ1v) is 3.00. The van der Waals surface area contributed by atoms with E-state index < -0.39 is 5.97 Å². The lowest BCUT2D eigenvalue weighted by atomic mass is 10.4. The van der Waals surface area contributed by atoms with Crippen LogP contribution in [-0.2, 0) is 14.1 Å². The number of rotatable bonds is 1. The predicted molar refractivity (Wildman–Crippen MR) is 37.6 cm³/mol. The van der Waals surface area contributed by atoms with Crippen LogP contribution in [0, 0.1) is 0 Å². The van der Waals surface area contributed by atoms with E-state index in [1.165, 1.54) is 23.5 Å². The molecule has 1 heterocycles. The van der Waals surface area contributed by atoms with Gasteiger partial charge in [-0.1, -0.05) is 0 Å². The van der Waals surface area contributed by atoms with Crippen molar-refractivity contribution in [3.05, 3.63) is 22.1 Å². The average molecular weight is 156 g/mol. The summed E-state index contributed by atoms with van der Waals surface area (Å²) in [5, 5.41) is 8.53. The Morgan fingerprint density at radius 1 is 1.45 bits per heavy atom. The summed E-state index contributed by atoms with van der Waals surface area (Å²) in [6, 6.07) is 1.09. The van der Waals surface area contributed by atoms with Crippen LogP contribution in [0.5, 0.6) is 0 Å². The molecule has 0 saturated carbocycles. The van der Waals surface area contributed by atoms with Gasteiger partial charge < -0.3 is 5.11 Å². The van der Waals surface area contributed by atoms with Crippen LogP contribution in [0.4, 0.5) is 0 Å². The molecule has 60 valence electrons. The molecule has 0 aliphatic rings. The van der Waals surface area contributed by atoms with Crippen LogP contribution >= 0.6 is 0 Å². The molecular weight excluding hydrogens is 148 g/mol. The number of aromatic carboxylic acids is 1. The van der Waals surface area contributed by atoms with Gasteiger partial charge in [0, 0.05) is 20.2 Å². The fraction of sp³-hybridized carbons (Fsp3) is 0.333. The standard InChI is InChI=1S/C6H8N2O3/c1-7-4(6(10)11)3-5(9)8(7)2/h3H,1-2H3,(H,10,11). The minimum absolute atomic E-state index is 0.00231. The van der Waals surface area contributed by atoms with Gasteiger partial charge in [-0.15, -0.1) is 0 Å². The highest BCUT2D eigenvalue weighted by atomic mass is 16.4. The molecule has 0 radical (unpaired) electrons. The molecular formula is C6H8N2O3. The van der Waals surface area contributed by atoms with E-state index in [2.05, 4.69) is 0 Å². The molecule has 0 spiro atoms. The Morgan fingerprint density at radius 2 is 2.00 bits per heavy atom. The monoisotopic (exact) mass is 156 g/mol. The van der Waals surface area contributed by atoms with Crippen molar-refractivity contribution in [3.63, 3.8) is 0 Å². The third-order valence-electron chi connectivity index (χ3n) is 1.60. The van der Waals surface area contributed by atoms with Crippen molar-refractivity contribution in [1.82, 2.24) is 9.36 Å². The summed E-state index contributed by atoms with van der Waals surface area (Å²) in [4.78, 5) is 21.3. The SMILES string of the molecule is Cn1c(C(=O)O)cc(=O)n1C. The van der Waals surface area contributed by atoms with Crippen LogP contribution in [0.25, 0.3) is 0 Å². The molecule has 0 fully saturated rings. The lowest BCUT2D eigenvalue weighted by molar-refractivity contribution is 0.0683. The summed E-state index contributed by atoms with van der Waals surface area (Å²) in [6.07, 6.45) is 0. The van der Waals surface area contributed by atoms with Gasteiger partial charge in [0.1, 0.15) is 5.69 Å². The maximum atomic E-state index is 10.8. The average Bonchev–Trinajstić information content (AvgIpc) is 2.17. The van der Waals surface area contributed by atoms with Gasteiger partial charge in [-0.2, -0.15) is 0 Å². The molecule has 0 saturated heterocycles. The van der Waals surface area contributed by atoms with Crippen LogP contribution in [-0.4, -0.2) is 20.4 Å². The maximum absolute atomic E-state index is 10.8. The summed E-state index contributed by atoms with van der Waals surface area (Å²) < 4.78 is 2.51. The number of hydrogen-bond donors (Lipinski definition) is 1. The molecule has 0 atom stereocenters. The van der Waals surface area contributed by atoms with Crippen molar-refractivity contribution < 1.29 is 9.90 Å². The van der Waals surface area contributed by atoms with Crippen molar-refractivity contribution in [1.29, 1.82) is 0 Å². The Kier molecular flexibility index (Phi) is 1.56. The Balaban J connectivity index is 3.42. The summed E-state index contributed by atoms with van der Waals surface area (Å²) in [5.41, 5.74) is -0.317. The number of nitrogens with zero attached hydrogens (tertiary/aromatic N) is 2. The molecule has 1 rings (SSSR count). The van der Waals surface area contributed by atoms with Gasteiger partial charge in [-0.25, -0.2) is 4.79 Å². The van der Waals surface area contributed by atoms with E-state index in [4.69, 9.17) is 5.11 Å². The smallest absolute Gasteiger partial charge is 0.354 e. The number of hydrogen-bond acceptors (Lipinski definition) is 2. The van der Waals surface area contributed by atoms with Gasteiger partial charge in [0.25, 0.3) is 5.56 Å². The second-order valence-corrected chi connectivity index (χ2v) is 2.22. The molecule has 5 heteroatoms. The summed E-state index contributed by atoms with van der Waals surface area (Å²) in [7, 11) is 3.03. The number of aromatic nitrogens is 2. The zero-order valence-electron chi connectivity index (χ0n) is 6.24. The molecule has 0 unspecified atom stereocenters. The molecule has 1 aromatic heterocycles. The zero-order valence-corrected chi connectivity index (χ0v) is 6.24. The van der Waals surface area contributed by atoms with Crippen LogP contribution in [0.3, 0.4) is 0 Å². The topological polar surface area (TPSA) is 64.2 Å². The molecule has 5 nitrogen and oxygen atoms in total. The van der Waals surface area contributed by atoms with Crippen LogP contribution in [0.1, 0.15) is 10.5 Å². The van der Waals surface area contributed by atoms with E-state index in [1.807, 2.05) is 0 Å². The van der Waals surface area contributed by atoms with E-state index in [1.54, 1.807) is 0 Å². The molecule has 0 aromatic carbocycles. The van der Waals surface area contributed by atoms with Gasteiger partial charge in [0.15, 0.2) is 0 Å². The Hall–Kier alpha value is -1.52. The number of carboxylic acids is 1. The van der Waals surface area contributed by atoms with E-state index in [0.29, 0.717) is 0 Å². The largest absolute Gasteiger partial charge is 0.477 e. The van der Waals surface area contributed by atoms with Gasteiger partial charge >= 0.3 is 5.97 Å². The van der Waals surface area contributed by atoms with E-state index in [-0.39, 0.29) is 11.3 Å². The van der Waals surface area contributed by atoms with E-state index in [9.17, 15) is 9.59 Å². The van der Waals surface area contributed by atoms with E-state index in [0.717, 1.165) is 6.07 Å². The number of carbonyl (C=O) groups is 1. The van der Waals surface area contributed by atoms with Crippen molar-refractivity contribution in [2.75, 3.05) is 0 Å². The van der Waals surface area contributed by atoms with Crippen molar-refractivity contribution in [2.24, 2.45) is 14.1 Å². The van der Waals surface area contributed by atoms with Crippen molar-refractivity contribution in [3.8, 4) is 0 Å². The summed E-state index contributed by atoms with van der Waals surface area (Å²) >= 11 is 0. The van der Waals surface area contributed by atoms with Gasteiger partial charge in [-0.3, -0.25) is 14.2 Å². The van der Waals surface area contributed by atoms with Crippen molar-refractivity contribution >= 4 is 5.97 Å². The van der Waals surface area contributed by atoms with Crippen LogP contribution < -0.4 is 5.56 Å². The number of carboxylic acid groups (broad SMARTS) is 1. The van der Waals surface area contributed by atoms with Gasteiger partial charge in [-0.05, 0) is 0 Å². The first-order chi connectivity index (χ1) is 5.04. The highest BCUT2D eigenvalue weighted by Gasteiger charge is 2.10. The Labute approximate surface area is 62.5 Å². The van der Waals surface area contributed by atoms with Crippen molar-refractivity contribution in [2.45, 2.75) is 0 Å². The highest BCUT2D eigenvalue weighted by molar-refractivity contribution is 5.85. The van der Waals surface area contributed by atoms with Gasteiger partial charge in [0.05, 0.1) is 0 Å². The van der Waals surface area contributed by atoms with Crippen LogP contribution in [0.2, 0.25) is 0 Å². The normalized spacial score (nSPS) is 10.0. The van der Waals surface area contributed by atoms with Crippen LogP contribution in [0.15, 0.2) is 10.9 Å². The molecule has 0 amide bonds. The first kappa shape index (κ1) is 7.59. The Morgan fingerprint density at radius 3 is 2.18 bits per heavy atom. The quantitative estimate of drug-likeness (QED) is 0.591. The Bertz CT molecular complexity index is 347. The molecule has 0 aliphatic heterocycles.